The summed E-state index contributed by atoms with van der Waals surface area (Å²) in [5, 5.41) is 0. The fourth-order valence-electron chi connectivity index (χ4n) is 3.10. The minimum Gasteiger partial charge on any atom is -0.372 e. The molecule has 1 aliphatic heterocycles. The molecule has 2 heterocycles. The van der Waals surface area contributed by atoms with Crippen molar-refractivity contribution in [2.45, 2.75) is 26.1 Å². The van der Waals surface area contributed by atoms with Gasteiger partial charge in [-0.15, -0.1) is 0 Å². The Balaban J connectivity index is 1.93. The zero-order chi connectivity index (χ0) is 18.8. The van der Waals surface area contributed by atoms with E-state index in [2.05, 4.69) is 9.97 Å². The average Bonchev–Trinajstić information content (AvgIpc) is 2.59. The molecule has 0 bridgehead atoms. The van der Waals surface area contributed by atoms with Gasteiger partial charge in [-0.25, -0.2) is 9.37 Å². The van der Waals surface area contributed by atoms with E-state index in [9.17, 15) is 9.18 Å². The summed E-state index contributed by atoms with van der Waals surface area (Å²) >= 11 is 0. The van der Waals surface area contributed by atoms with Crippen molar-refractivity contribution in [2.75, 3.05) is 32.1 Å². The second-order valence-electron chi connectivity index (χ2n) is 6.85. The third kappa shape index (κ3) is 3.99. The molecular formula is C19H23FN4O2. The van der Waals surface area contributed by atoms with Crippen LogP contribution in [0.3, 0.4) is 0 Å². The molecule has 1 saturated heterocycles. The van der Waals surface area contributed by atoms with E-state index in [0.29, 0.717) is 35.7 Å². The number of halogens is 1. The number of benzene rings is 1. The number of hydrogen-bond donors (Lipinski definition) is 0. The Kier molecular flexibility index (Phi) is 5.18. The summed E-state index contributed by atoms with van der Waals surface area (Å²) in [6, 6.07) is 4.30. The van der Waals surface area contributed by atoms with Crippen molar-refractivity contribution in [2.24, 2.45) is 0 Å². The standard InChI is InChI=1S/C19H23FN4O2/c1-12-10-24(11-13(2)26-12)19(25)15-5-14(6-16(20)7-15)17-8-21-9-18(22-17)23(3)4/h5-9,12-13H,10-11H2,1-4H3/t12-,13+. The Morgan fingerprint density at radius 1 is 1.19 bits per heavy atom. The number of carbonyl (C=O) groups is 1. The third-order valence-electron chi connectivity index (χ3n) is 4.23. The quantitative estimate of drug-likeness (QED) is 0.844. The van der Waals surface area contributed by atoms with Crippen LogP contribution in [0, 0.1) is 5.82 Å². The first-order valence-corrected chi connectivity index (χ1v) is 8.58. The van der Waals surface area contributed by atoms with Gasteiger partial charge in [0.25, 0.3) is 5.91 Å². The van der Waals surface area contributed by atoms with Crippen molar-refractivity contribution < 1.29 is 13.9 Å². The van der Waals surface area contributed by atoms with Gasteiger partial charge in [0.05, 0.1) is 30.3 Å². The summed E-state index contributed by atoms with van der Waals surface area (Å²) in [7, 11) is 3.71. The highest BCUT2D eigenvalue weighted by atomic mass is 19.1. The van der Waals surface area contributed by atoms with Crippen LogP contribution in [0.15, 0.2) is 30.6 Å². The summed E-state index contributed by atoms with van der Waals surface area (Å²) in [5.41, 5.74) is 1.35. The van der Waals surface area contributed by atoms with Gasteiger partial charge in [-0.3, -0.25) is 9.78 Å². The maximum absolute atomic E-state index is 14.2. The summed E-state index contributed by atoms with van der Waals surface area (Å²) < 4.78 is 19.9. The molecule has 3 rings (SSSR count). The fraction of sp³-hybridized carbons (Fsp3) is 0.421. The average molecular weight is 358 g/mol. The number of ether oxygens (including phenoxy) is 1. The van der Waals surface area contributed by atoms with Gasteiger partial charge in [-0.1, -0.05) is 0 Å². The van der Waals surface area contributed by atoms with Gasteiger partial charge in [0.2, 0.25) is 0 Å². The molecular weight excluding hydrogens is 335 g/mol. The van der Waals surface area contributed by atoms with Gasteiger partial charge in [0.1, 0.15) is 11.6 Å². The van der Waals surface area contributed by atoms with Crippen LogP contribution in [0.25, 0.3) is 11.3 Å². The van der Waals surface area contributed by atoms with Crippen LogP contribution in [0.5, 0.6) is 0 Å². The van der Waals surface area contributed by atoms with Gasteiger partial charge >= 0.3 is 0 Å². The van der Waals surface area contributed by atoms with Crippen LogP contribution in [-0.4, -0.2) is 60.2 Å². The molecule has 0 spiro atoms. The SMILES string of the molecule is C[C@@H]1CN(C(=O)c2cc(F)cc(-c3cncc(N(C)C)n3)c2)C[C@H](C)O1. The van der Waals surface area contributed by atoms with E-state index < -0.39 is 5.82 Å². The molecule has 1 aromatic heterocycles. The highest BCUT2D eigenvalue weighted by molar-refractivity contribution is 5.95. The van der Waals surface area contributed by atoms with Crippen LogP contribution >= 0.6 is 0 Å². The topological polar surface area (TPSA) is 58.6 Å². The number of anilines is 1. The number of amides is 1. The molecule has 1 aromatic carbocycles. The van der Waals surface area contributed by atoms with E-state index >= 15 is 0 Å². The first-order valence-electron chi connectivity index (χ1n) is 8.58. The Hall–Kier alpha value is -2.54. The Morgan fingerprint density at radius 3 is 2.54 bits per heavy atom. The lowest BCUT2D eigenvalue weighted by Crippen LogP contribution is -2.48. The Labute approximate surface area is 152 Å². The van der Waals surface area contributed by atoms with Gasteiger partial charge in [-0.2, -0.15) is 0 Å². The molecule has 7 heteroatoms. The second kappa shape index (κ2) is 7.37. The first kappa shape index (κ1) is 18.3. The fourth-order valence-corrected chi connectivity index (χ4v) is 3.10. The maximum Gasteiger partial charge on any atom is 0.254 e. The highest BCUT2D eigenvalue weighted by Gasteiger charge is 2.27. The zero-order valence-electron chi connectivity index (χ0n) is 15.4. The van der Waals surface area contributed by atoms with Crippen molar-refractivity contribution in [3.63, 3.8) is 0 Å². The highest BCUT2D eigenvalue weighted by Crippen LogP contribution is 2.23. The lowest BCUT2D eigenvalue weighted by atomic mass is 10.1. The van der Waals surface area contributed by atoms with E-state index in [1.165, 1.54) is 12.1 Å². The van der Waals surface area contributed by atoms with Crippen LogP contribution in [0.2, 0.25) is 0 Å². The van der Waals surface area contributed by atoms with Crippen LogP contribution in [0.1, 0.15) is 24.2 Å². The van der Waals surface area contributed by atoms with Crippen molar-refractivity contribution in [3.8, 4) is 11.3 Å². The molecule has 1 amide bonds. The molecule has 6 nitrogen and oxygen atoms in total. The van der Waals surface area contributed by atoms with Gasteiger partial charge in [0, 0.05) is 38.3 Å². The maximum atomic E-state index is 14.2. The van der Waals surface area contributed by atoms with Crippen molar-refractivity contribution >= 4 is 11.7 Å². The van der Waals surface area contributed by atoms with E-state index in [0.717, 1.165) is 0 Å². The summed E-state index contributed by atoms with van der Waals surface area (Å²) in [5.74, 6) is -0.0165. The molecule has 0 radical (unpaired) electrons. The van der Waals surface area contributed by atoms with Gasteiger partial charge in [-0.05, 0) is 32.0 Å². The Morgan fingerprint density at radius 2 is 1.88 bits per heavy atom. The molecule has 1 fully saturated rings. The minimum atomic E-state index is -0.475. The zero-order valence-corrected chi connectivity index (χ0v) is 15.4. The van der Waals surface area contributed by atoms with E-state index in [4.69, 9.17) is 4.74 Å². The number of morpholine rings is 1. The Bertz CT molecular complexity index is 802. The molecule has 1 aliphatic rings. The van der Waals surface area contributed by atoms with Gasteiger partial charge in [0.15, 0.2) is 0 Å². The van der Waals surface area contributed by atoms with Crippen LogP contribution in [-0.2, 0) is 4.74 Å². The summed E-state index contributed by atoms with van der Waals surface area (Å²) in [6.45, 7) is 4.83. The smallest absolute Gasteiger partial charge is 0.254 e. The number of aromatic nitrogens is 2. The van der Waals surface area contributed by atoms with Crippen LogP contribution < -0.4 is 4.90 Å². The predicted octanol–water partition coefficient (Wildman–Crippen LogP) is 2.60. The molecule has 0 unspecified atom stereocenters. The largest absolute Gasteiger partial charge is 0.372 e. The second-order valence-corrected chi connectivity index (χ2v) is 6.85. The minimum absolute atomic E-state index is 0.0432. The molecule has 2 atom stereocenters. The van der Waals surface area contributed by atoms with Gasteiger partial charge < -0.3 is 14.5 Å². The van der Waals surface area contributed by atoms with Crippen molar-refractivity contribution in [3.05, 3.63) is 42.0 Å². The van der Waals surface area contributed by atoms with Crippen LogP contribution in [0.4, 0.5) is 10.2 Å². The third-order valence-corrected chi connectivity index (χ3v) is 4.23. The van der Waals surface area contributed by atoms with Crippen molar-refractivity contribution in [1.82, 2.24) is 14.9 Å². The number of carbonyl (C=O) groups excluding carboxylic acids is 1. The van der Waals surface area contributed by atoms with E-state index in [1.807, 2.05) is 32.8 Å². The molecule has 0 saturated carbocycles. The molecule has 0 aliphatic carbocycles. The first-order chi connectivity index (χ1) is 12.3. The number of nitrogens with zero attached hydrogens (tertiary/aromatic N) is 4. The number of hydrogen-bond acceptors (Lipinski definition) is 5. The van der Waals surface area contributed by atoms with Crippen molar-refractivity contribution in [1.29, 1.82) is 0 Å². The molecule has 26 heavy (non-hydrogen) atoms. The molecule has 2 aromatic rings. The van der Waals surface area contributed by atoms with E-state index in [1.54, 1.807) is 23.4 Å². The van der Waals surface area contributed by atoms with E-state index in [-0.39, 0.29) is 18.1 Å². The lowest BCUT2D eigenvalue weighted by Gasteiger charge is -2.35. The lowest BCUT2D eigenvalue weighted by molar-refractivity contribution is -0.0586. The number of rotatable bonds is 3. The molecule has 138 valence electrons. The molecule has 0 N–H and O–H groups in total. The summed E-state index contributed by atoms with van der Waals surface area (Å²) in [4.78, 5) is 25.0. The summed E-state index contributed by atoms with van der Waals surface area (Å²) in [6.07, 6.45) is 3.11. The monoisotopic (exact) mass is 358 g/mol. The predicted molar refractivity (Wildman–Crippen MR) is 97.7 cm³/mol. The normalized spacial score (nSPS) is 20.1.